The Kier molecular flexibility index (Phi) is 6.83. The van der Waals surface area contributed by atoms with Gasteiger partial charge in [0.15, 0.2) is 0 Å². The van der Waals surface area contributed by atoms with Crippen LogP contribution in [0.25, 0.3) is 0 Å². The Bertz CT molecular complexity index is 908. The van der Waals surface area contributed by atoms with Gasteiger partial charge in [-0.2, -0.15) is 0 Å². The van der Waals surface area contributed by atoms with Crippen molar-refractivity contribution in [2.45, 2.75) is 75.0 Å². The van der Waals surface area contributed by atoms with E-state index in [-0.39, 0.29) is 29.6 Å². The molecule has 0 bridgehead atoms. The number of likely N-dealkylation sites (tertiary alicyclic amines) is 1. The van der Waals surface area contributed by atoms with Crippen molar-refractivity contribution in [3.63, 3.8) is 0 Å². The molecule has 1 aromatic carbocycles. The van der Waals surface area contributed by atoms with Crippen LogP contribution in [0.3, 0.4) is 0 Å². The summed E-state index contributed by atoms with van der Waals surface area (Å²) in [5.74, 6) is 0.568. The maximum Gasteiger partial charge on any atom is 0.321 e. The molecule has 0 aromatic heterocycles. The first-order valence-electron chi connectivity index (χ1n) is 13.6. The SMILES string of the molecule is CN(C)C1(c2ccccc2)CCC2(CC1)CN(CC(=O)N1CCC[C@@H](O)C1)C(=O)N2CC1CCC1. The monoisotopic (exact) mass is 482 g/mol. The minimum absolute atomic E-state index is 0.0229. The summed E-state index contributed by atoms with van der Waals surface area (Å²) in [6.45, 7) is 2.66. The number of hydrogen-bond donors (Lipinski definition) is 1. The number of aliphatic hydroxyl groups excluding tert-OH is 1. The second kappa shape index (κ2) is 9.74. The molecule has 1 atom stereocenters. The maximum atomic E-state index is 13.7. The zero-order valence-electron chi connectivity index (χ0n) is 21.5. The highest BCUT2D eigenvalue weighted by Gasteiger charge is 2.55. The van der Waals surface area contributed by atoms with Crippen LogP contribution in [-0.4, -0.2) is 95.1 Å². The van der Waals surface area contributed by atoms with Crippen LogP contribution in [0.5, 0.6) is 0 Å². The minimum atomic E-state index is -0.445. The van der Waals surface area contributed by atoms with Crippen LogP contribution in [0, 0.1) is 5.92 Å². The molecule has 2 heterocycles. The quantitative estimate of drug-likeness (QED) is 0.676. The molecular formula is C28H42N4O3. The van der Waals surface area contributed by atoms with Gasteiger partial charge in [-0.15, -0.1) is 0 Å². The molecule has 1 spiro atoms. The van der Waals surface area contributed by atoms with Crippen LogP contribution in [0.1, 0.15) is 63.4 Å². The summed E-state index contributed by atoms with van der Waals surface area (Å²) in [6, 6.07) is 10.8. The van der Waals surface area contributed by atoms with Crippen LogP contribution in [0.4, 0.5) is 4.79 Å². The van der Waals surface area contributed by atoms with Crippen molar-refractivity contribution in [2.24, 2.45) is 5.92 Å². The third kappa shape index (κ3) is 4.57. The molecule has 2 saturated heterocycles. The van der Waals surface area contributed by atoms with Gasteiger partial charge in [0.1, 0.15) is 6.54 Å². The van der Waals surface area contributed by atoms with Gasteiger partial charge < -0.3 is 19.8 Å². The summed E-state index contributed by atoms with van der Waals surface area (Å²) in [6.07, 6.45) is 8.70. The minimum Gasteiger partial charge on any atom is -0.391 e. The molecular weight excluding hydrogens is 440 g/mol. The summed E-state index contributed by atoms with van der Waals surface area (Å²) in [5.41, 5.74) is 1.14. The molecule has 1 aromatic rings. The highest BCUT2D eigenvalue weighted by atomic mass is 16.3. The van der Waals surface area contributed by atoms with Crippen molar-refractivity contribution < 1.29 is 14.7 Å². The number of amides is 3. The fraction of sp³-hybridized carbons (Fsp3) is 0.714. The first kappa shape index (κ1) is 24.6. The van der Waals surface area contributed by atoms with E-state index in [2.05, 4.69) is 54.2 Å². The molecule has 2 aliphatic carbocycles. The van der Waals surface area contributed by atoms with Crippen molar-refractivity contribution >= 4 is 11.9 Å². The van der Waals surface area contributed by atoms with E-state index in [1.54, 1.807) is 4.90 Å². The van der Waals surface area contributed by atoms with Gasteiger partial charge in [0.25, 0.3) is 0 Å². The molecule has 4 fully saturated rings. The molecule has 192 valence electrons. The van der Waals surface area contributed by atoms with Crippen LogP contribution >= 0.6 is 0 Å². The smallest absolute Gasteiger partial charge is 0.321 e. The number of carbonyl (C=O) groups is 2. The number of β-amino-alcohol motifs (C(OH)–C–C–N with tert-alkyl or cyclic N) is 1. The third-order valence-corrected chi connectivity index (χ3v) is 9.48. The number of nitrogens with zero attached hydrogens (tertiary/aromatic N) is 4. The fourth-order valence-corrected chi connectivity index (χ4v) is 6.95. The lowest BCUT2D eigenvalue weighted by Crippen LogP contribution is -2.56. The summed E-state index contributed by atoms with van der Waals surface area (Å²) in [4.78, 5) is 34.9. The van der Waals surface area contributed by atoms with E-state index in [0.717, 1.165) is 45.1 Å². The van der Waals surface area contributed by atoms with Gasteiger partial charge in [-0.05, 0) is 76.9 Å². The van der Waals surface area contributed by atoms with Gasteiger partial charge in [-0.25, -0.2) is 4.79 Å². The maximum absolute atomic E-state index is 13.7. The zero-order valence-corrected chi connectivity index (χ0v) is 21.5. The van der Waals surface area contributed by atoms with Gasteiger partial charge in [0, 0.05) is 31.7 Å². The number of rotatable bonds is 6. The Hall–Kier alpha value is -2.12. The number of urea groups is 1. The van der Waals surface area contributed by atoms with E-state index in [4.69, 9.17) is 0 Å². The van der Waals surface area contributed by atoms with Crippen molar-refractivity contribution in [3.8, 4) is 0 Å². The van der Waals surface area contributed by atoms with Gasteiger partial charge in [-0.3, -0.25) is 9.69 Å². The molecule has 4 aliphatic rings. The molecule has 1 N–H and O–H groups in total. The molecule has 2 aliphatic heterocycles. The summed E-state index contributed by atoms with van der Waals surface area (Å²) in [5, 5.41) is 10.0. The van der Waals surface area contributed by atoms with E-state index in [0.29, 0.717) is 25.6 Å². The fourth-order valence-electron chi connectivity index (χ4n) is 6.95. The molecule has 0 unspecified atom stereocenters. The number of carbonyl (C=O) groups excluding carboxylic acids is 2. The normalized spacial score (nSPS) is 31.9. The Labute approximate surface area is 210 Å². The molecule has 2 saturated carbocycles. The molecule has 7 nitrogen and oxygen atoms in total. The van der Waals surface area contributed by atoms with E-state index in [1.165, 1.54) is 24.8 Å². The van der Waals surface area contributed by atoms with Crippen LogP contribution in [0.2, 0.25) is 0 Å². The molecule has 0 radical (unpaired) electrons. The molecule has 7 heteroatoms. The lowest BCUT2D eigenvalue weighted by molar-refractivity contribution is -0.134. The predicted molar refractivity (Wildman–Crippen MR) is 136 cm³/mol. The molecule has 5 rings (SSSR count). The van der Waals surface area contributed by atoms with Crippen LogP contribution < -0.4 is 0 Å². The largest absolute Gasteiger partial charge is 0.391 e. The van der Waals surface area contributed by atoms with E-state index < -0.39 is 6.10 Å². The second-order valence-electron chi connectivity index (χ2n) is 11.7. The van der Waals surface area contributed by atoms with Crippen molar-refractivity contribution in [1.82, 2.24) is 19.6 Å². The van der Waals surface area contributed by atoms with E-state index in [9.17, 15) is 14.7 Å². The van der Waals surface area contributed by atoms with Crippen LogP contribution in [0.15, 0.2) is 30.3 Å². The first-order chi connectivity index (χ1) is 16.8. The number of piperidine rings is 1. The third-order valence-electron chi connectivity index (χ3n) is 9.48. The Morgan fingerprint density at radius 2 is 1.77 bits per heavy atom. The molecule has 35 heavy (non-hydrogen) atoms. The summed E-state index contributed by atoms with van der Waals surface area (Å²) in [7, 11) is 4.35. The number of hydrogen-bond acceptors (Lipinski definition) is 4. The highest BCUT2D eigenvalue weighted by molar-refractivity contribution is 5.86. The Morgan fingerprint density at radius 1 is 1.06 bits per heavy atom. The van der Waals surface area contributed by atoms with Gasteiger partial charge in [-0.1, -0.05) is 36.8 Å². The van der Waals surface area contributed by atoms with Crippen molar-refractivity contribution in [2.75, 3.05) is 46.8 Å². The van der Waals surface area contributed by atoms with Crippen molar-refractivity contribution in [1.29, 1.82) is 0 Å². The standard InChI is InChI=1S/C28H42N4O3/c1-29(2)28(23-10-4-3-5-11-23)15-13-27(14-16-28)21-31(26(35)32(27)18-22-8-6-9-22)20-25(34)30-17-7-12-24(33)19-30/h3-5,10-11,22,24,33H,6-9,12-21H2,1-2H3/t24-,27?,28?/m1/s1. The average Bonchev–Trinajstić information content (AvgIpc) is 3.07. The topological polar surface area (TPSA) is 67.3 Å². The first-order valence-corrected chi connectivity index (χ1v) is 13.6. The summed E-state index contributed by atoms with van der Waals surface area (Å²) < 4.78 is 0. The average molecular weight is 483 g/mol. The second-order valence-corrected chi connectivity index (χ2v) is 11.7. The van der Waals surface area contributed by atoms with Gasteiger partial charge in [0.05, 0.1) is 11.6 Å². The van der Waals surface area contributed by atoms with Crippen LogP contribution in [-0.2, 0) is 10.3 Å². The number of aliphatic hydroxyl groups is 1. The summed E-state index contributed by atoms with van der Waals surface area (Å²) >= 11 is 0. The zero-order chi connectivity index (χ0) is 24.6. The lowest BCUT2D eigenvalue weighted by Gasteiger charge is -2.51. The van der Waals surface area contributed by atoms with E-state index >= 15 is 0 Å². The predicted octanol–water partition coefficient (Wildman–Crippen LogP) is 3.28. The van der Waals surface area contributed by atoms with Gasteiger partial charge >= 0.3 is 6.03 Å². The molecule has 3 amide bonds. The van der Waals surface area contributed by atoms with Crippen molar-refractivity contribution in [3.05, 3.63) is 35.9 Å². The van der Waals surface area contributed by atoms with Gasteiger partial charge in [0.2, 0.25) is 5.91 Å². The van der Waals surface area contributed by atoms with E-state index in [1.807, 2.05) is 4.90 Å². The highest BCUT2D eigenvalue weighted by Crippen LogP contribution is 2.49. The Morgan fingerprint density at radius 3 is 2.37 bits per heavy atom. The Balaban J connectivity index is 1.34. The lowest BCUT2D eigenvalue weighted by atomic mass is 9.68. The number of benzene rings is 1.